The van der Waals surface area contributed by atoms with Gasteiger partial charge in [-0.15, -0.1) is 0 Å². The number of rotatable bonds is 3. The van der Waals surface area contributed by atoms with Crippen molar-refractivity contribution >= 4 is 17.7 Å². The second-order valence-electron chi connectivity index (χ2n) is 5.76. The maximum atomic E-state index is 13.7. The Kier molecular flexibility index (Phi) is 4.18. The van der Waals surface area contributed by atoms with E-state index in [0.29, 0.717) is 0 Å². The Morgan fingerprint density at radius 1 is 1.38 bits per heavy atom. The molecule has 2 fully saturated rings. The van der Waals surface area contributed by atoms with Gasteiger partial charge in [-0.2, -0.15) is 0 Å². The Morgan fingerprint density at radius 3 is 2.83 bits per heavy atom. The maximum absolute atomic E-state index is 13.7. The van der Waals surface area contributed by atoms with Crippen molar-refractivity contribution < 1.29 is 28.3 Å². The van der Waals surface area contributed by atoms with Crippen LogP contribution in [0.4, 0.5) is 8.78 Å². The van der Waals surface area contributed by atoms with Gasteiger partial charge < -0.3 is 20.6 Å². The third-order valence-corrected chi connectivity index (χ3v) is 4.22. The molecule has 0 aromatic heterocycles. The zero-order valence-electron chi connectivity index (χ0n) is 12.5. The minimum Gasteiger partial charge on any atom is -0.394 e. The van der Waals surface area contributed by atoms with E-state index in [4.69, 9.17) is 5.11 Å². The number of hydrogen-bond acceptors (Lipinski definition) is 4. The van der Waals surface area contributed by atoms with Gasteiger partial charge in [0, 0.05) is 12.6 Å². The van der Waals surface area contributed by atoms with Gasteiger partial charge in [-0.05, 0) is 18.6 Å². The van der Waals surface area contributed by atoms with Gasteiger partial charge >= 0.3 is 0 Å². The molecule has 9 heteroatoms. The second kappa shape index (κ2) is 6.16. The molecule has 0 bridgehead atoms. The van der Waals surface area contributed by atoms with Gasteiger partial charge in [0.15, 0.2) is 11.6 Å². The normalized spacial score (nSPS) is 26.1. The summed E-state index contributed by atoms with van der Waals surface area (Å²) in [6.07, 6.45) is 0.165. The van der Waals surface area contributed by atoms with Gasteiger partial charge in [0.25, 0.3) is 5.91 Å². The number of hydrogen-bond donors (Lipinski definition) is 3. The summed E-state index contributed by atoms with van der Waals surface area (Å²) < 4.78 is 26.8. The van der Waals surface area contributed by atoms with Crippen LogP contribution in [0.5, 0.6) is 0 Å². The van der Waals surface area contributed by atoms with E-state index in [1.165, 1.54) is 11.0 Å². The van der Waals surface area contributed by atoms with Crippen molar-refractivity contribution in [3.63, 3.8) is 0 Å². The predicted octanol–water partition coefficient (Wildman–Crippen LogP) is -0.845. The molecule has 0 aliphatic carbocycles. The number of piperazine rings is 1. The zero-order chi connectivity index (χ0) is 17.4. The molecule has 2 aliphatic heterocycles. The molecule has 0 spiro atoms. The fourth-order valence-electron chi connectivity index (χ4n) is 3.03. The van der Waals surface area contributed by atoms with Crippen LogP contribution in [-0.2, 0) is 9.59 Å². The Balaban J connectivity index is 1.72. The molecule has 3 atom stereocenters. The monoisotopic (exact) mass is 339 g/mol. The zero-order valence-corrected chi connectivity index (χ0v) is 12.5. The molecule has 3 amide bonds. The van der Waals surface area contributed by atoms with Crippen molar-refractivity contribution in [2.45, 2.75) is 24.5 Å². The average molecular weight is 339 g/mol. The second-order valence-corrected chi connectivity index (χ2v) is 5.76. The molecule has 2 heterocycles. The van der Waals surface area contributed by atoms with Crippen LogP contribution >= 0.6 is 0 Å². The highest BCUT2D eigenvalue weighted by Gasteiger charge is 2.46. The number of amides is 3. The Morgan fingerprint density at radius 2 is 2.12 bits per heavy atom. The summed E-state index contributed by atoms with van der Waals surface area (Å²) in [4.78, 5) is 37.5. The van der Waals surface area contributed by atoms with E-state index in [1.54, 1.807) is 0 Å². The smallest absolute Gasteiger partial charge is 0.254 e. The van der Waals surface area contributed by atoms with Crippen LogP contribution in [0.3, 0.4) is 0 Å². The van der Waals surface area contributed by atoms with E-state index in [0.717, 1.165) is 12.1 Å². The average Bonchev–Trinajstić information content (AvgIpc) is 2.98. The molecule has 128 valence electrons. The molecule has 0 radical (unpaired) electrons. The van der Waals surface area contributed by atoms with Gasteiger partial charge in [0.1, 0.15) is 12.1 Å². The van der Waals surface area contributed by atoms with Crippen LogP contribution in [0.1, 0.15) is 16.8 Å². The number of fused-ring (bicyclic) bond motifs is 1. The summed E-state index contributed by atoms with van der Waals surface area (Å²) in [6.45, 7) is -0.449. The first-order valence-electron chi connectivity index (χ1n) is 7.39. The van der Waals surface area contributed by atoms with Gasteiger partial charge in [-0.25, -0.2) is 8.78 Å². The van der Waals surface area contributed by atoms with E-state index in [9.17, 15) is 23.2 Å². The summed E-state index contributed by atoms with van der Waals surface area (Å²) in [5.74, 6) is -4.05. The predicted molar refractivity (Wildman–Crippen MR) is 76.7 cm³/mol. The first-order chi connectivity index (χ1) is 11.4. The van der Waals surface area contributed by atoms with E-state index < -0.39 is 59.7 Å². The van der Waals surface area contributed by atoms with Crippen LogP contribution in [0.2, 0.25) is 0 Å². The topological polar surface area (TPSA) is 98.7 Å². The highest BCUT2D eigenvalue weighted by atomic mass is 19.2. The number of carbonyl (C=O) groups is 3. The molecule has 2 saturated heterocycles. The first kappa shape index (κ1) is 16.3. The van der Waals surface area contributed by atoms with Crippen molar-refractivity contribution in [3.8, 4) is 0 Å². The van der Waals surface area contributed by atoms with Crippen molar-refractivity contribution in [2.24, 2.45) is 0 Å². The van der Waals surface area contributed by atoms with Gasteiger partial charge in [0.2, 0.25) is 11.8 Å². The fourth-order valence-corrected chi connectivity index (χ4v) is 3.03. The lowest BCUT2D eigenvalue weighted by Gasteiger charge is -2.33. The molecule has 3 N–H and O–H groups in total. The quantitative estimate of drug-likeness (QED) is 0.668. The number of halogens is 2. The van der Waals surface area contributed by atoms with E-state index in [2.05, 4.69) is 10.6 Å². The number of aliphatic hydroxyl groups is 1. The molecule has 7 nitrogen and oxygen atoms in total. The highest BCUT2D eigenvalue weighted by molar-refractivity contribution is 5.98. The van der Waals surface area contributed by atoms with E-state index >= 15 is 0 Å². The van der Waals surface area contributed by atoms with Gasteiger partial charge in [-0.3, -0.25) is 14.4 Å². The summed E-state index contributed by atoms with van der Waals surface area (Å²) in [7, 11) is 0. The summed E-state index contributed by atoms with van der Waals surface area (Å²) in [5, 5.41) is 14.0. The van der Waals surface area contributed by atoms with Gasteiger partial charge in [-0.1, -0.05) is 6.07 Å². The minimum absolute atomic E-state index is 0.0656. The first-order valence-corrected chi connectivity index (χ1v) is 7.39. The van der Waals surface area contributed by atoms with Gasteiger partial charge in [0.05, 0.1) is 12.2 Å². The Bertz CT molecular complexity index is 712. The maximum Gasteiger partial charge on any atom is 0.254 e. The van der Waals surface area contributed by atoms with Crippen LogP contribution in [0, 0.1) is 11.6 Å². The van der Waals surface area contributed by atoms with Crippen LogP contribution in [0.15, 0.2) is 18.2 Å². The summed E-state index contributed by atoms with van der Waals surface area (Å²) >= 11 is 0. The number of nitrogens with zero attached hydrogens (tertiary/aromatic N) is 1. The lowest BCUT2D eigenvalue weighted by atomic mass is 10.1. The third-order valence-electron chi connectivity index (χ3n) is 4.22. The van der Waals surface area contributed by atoms with Crippen molar-refractivity contribution in [3.05, 3.63) is 35.4 Å². The van der Waals surface area contributed by atoms with Crippen LogP contribution < -0.4 is 10.6 Å². The van der Waals surface area contributed by atoms with Crippen LogP contribution in [0.25, 0.3) is 0 Å². The summed E-state index contributed by atoms with van der Waals surface area (Å²) in [5.41, 5.74) is -0.441. The molecular formula is C15H15F2N3O4. The van der Waals surface area contributed by atoms with Crippen molar-refractivity contribution in [1.29, 1.82) is 0 Å². The molecule has 1 aromatic carbocycles. The molecule has 0 unspecified atom stereocenters. The largest absolute Gasteiger partial charge is 0.394 e. The van der Waals surface area contributed by atoms with Crippen LogP contribution in [-0.4, -0.2) is 59.0 Å². The number of benzene rings is 1. The summed E-state index contributed by atoms with van der Waals surface area (Å²) in [6, 6.07) is 0.952. The lowest BCUT2D eigenvalue weighted by Crippen LogP contribution is -2.62. The molecule has 0 saturated carbocycles. The molecule has 1 aromatic rings. The SMILES string of the molecule is O=C(N[C@H]1C[C@H]2C(=O)N[C@@H](CO)C(=O)N2C1)c1cccc(F)c1F. The Labute approximate surface area is 135 Å². The van der Waals surface area contributed by atoms with Crippen molar-refractivity contribution in [1.82, 2.24) is 15.5 Å². The number of carbonyl (C=O) groups excluding carboxylic acids is 3. The molecular weight excluding hydrogens is 324 g/mol. The highest BCUT2D eigenvalue weighted by Crippen LogP contribution is 2.23. The minimum atomic E-state index is -1.25. The molecule has 24 heavy (non-hydrogen) atoms. The van der Waals surface area contributed by atoms with Crippen molar-refractivity contribution in [2.75, 3.05) is 13.2 Å². The lowest BCUT2D eigenvalue weighted by molar-refractivity contribution is -0.148. The standard InChI is InChI=1S/C15H15F2N3O4/c16-9-3-1-2-8(12(9)17)13(22)18-7-4-11-14(23)19-10(6-21)15(24)20(11)5-7/h1-3,7,10-11,21H,4-6H2,(H,18,22)(H,19,23)/t7-,10-,11-/m0/s1. The number of aliphatic hydroxyl groups excluding tert-OH is 1. The molecule has 3 rings (SSSR count). The third kappa shape index (κ3) is 2.71. The number of nitrogens with one attached hydrogen (secondary N) is 2. The van der Waals surface area contributed by atoms with E-state index in [1.807, 2.05) is 0 Å². The molecule has 2 aliphatic rings. The van der Waals surface area contributed by atoms with E-state index in [-0.39, 0.29) is 13.0 Å². The Hall–Kier alpha value is -2.55. The fraction of sp³-hybridized carbons (Fsp3) is 0.400.